The molecule has 7 nitrogen and oxygen atoms in total. The number of hydrogen-bond donors (Lipinski definition) is 1. The van der Waals surface area contributed by atoms with Crippen LogP contribution in [0, 0.1) is 0 Å². The zero-order valence-corrected chi connectivity index (χ0v) is 13.0. The Morgan fingerprint density at radius 2 is 1.68 bits per heavy atom. The van der Waals surface area contributed by atoms with E-state index in [4.69, 9.17) is 14.6 Å². The first-order valence-corrected chi connectivity index (χ1v) is 7.09. The predicted molar refractivity (Wildman–Crippen MR) is 82.9 cm³/mol. The zero-order chi connectivity index (χ0) is 16.3. The molecule has 120 valence electrons. The van der Waals surface area contributed by atoms with Crippen LogP contribution < -0.4 is 20.7 Å². The van der Waals surface area contributed by atoms with Gasteiger partial charge in [0, 0.05) is 12.6 Å². The summed E-state index contributed by atoms with van der Waals surface area (Å²) in [6.07, 6.45) is 0.737. The maximum absolute atomic E-state index is 12.5. The van der Waals surface area contributed by atoms with Crippen LogP contribution in [0.1, 0.15) is 13.3 Å². The van der Waals surface area contributed by atoms with E-state index in [1.807, 2.05) is 6.92 Å². The Bertz CT molecular complexity index is 791. The third-order valence-corrected chi connectivity index (χ3v) is 3.50. The summed E-state index contributed by atoms with van der Waals surface area (Å²) < 4.78 is 13.0. The predicted octanol–water partition coefficient (Wildman–Crippen LogP) is 0.583. The van der Waals surface area contributed by atoms with Crippen LogP contribution in [0.3, 0.4) is 0 Å². The van der Waals surface area contributed by atoms with Crippen LogP contribution in [0.5, 0.6) is 11.5 Å². The maximum Gasteiger partial charge on any atom is 0.331 e. The fourth-order valence-electron chi connectivity index (χ4n) is 2.48. The van der Waals surface area contributed by atoms with Crippen LogP contribution in [0.4, 0.5) is 0 Å². The molecule has 2 rings (SSSR count). The number of benzene rings is 1. The van der Waals surface area contributed by atoms with E-state index in [1.54, 1.807) is 12.1 Å². The highest BCUT2D eigenvalue weighted by Crippen LogP contribution is 2.30. The molecule has 1 heterocycles. The third-order valence-electron chi connectivity index (χ3n) is 3.50. The smallest absolute Gasteiger partial charge is 0.331 e. The monoisotopic (exact) mass is 308 g/mol. The number of aromatic nitrogens is 2. The normalized spacial score (nSPS) is 10.9. The summed E-state index contributed by atoms with van der Waals surface area (Å²) in [5.74, 6) is 0.878. The number of aliphatic hydroxyl groups is 1. The van der Waals surface area contributed by atoms with Gasteiger partial charge in [-0.3, -0.25) is 13.9 Å². The molecule has 1 aromatic heterocycles. The second kappa shape index (κ2) is 6.65. The van der Waals surface area contributed by atoms with Crippen molar-refractivity contribution in [3.05, 3.63) is 33.0 Å². The van der Waals surface area contributed by atoms with E-state index >= 15 is 0 Å². The van der Waals surface area contributed by atoms with Crippen molar-refractivity contribution in [2.45, 2.75) is 26.4 Å². The van der Waals surface area contributed by atoms with Crippen LogP contribution in [0.25, 0.3) is 10.9 Å². The molecule has 0 atom stereocenters. The standard InChI is InChI=1S/C15H20N2O5/c1-4-5-16-11-9-13(22-3)12(21-2)8-10(11)14(19)17(6-7-18)15(16)20/h8-9,18H,4-7H2,1-3H3. The summed E-state index contributed by atoms with van der Waals surface area (Å²) in [5, 5.41) is 9.45. The Morgan fingerprint density at radius 1 is 1.05 bits per heavy atom. The summed E-state index contributed by atoms with van der Waals surface area (Å²) in [4.78, 5) is 25.0. The number of rotatable bonds is 6. The fraction of sp³-hybridized carbons (Fsp3) is 0.467. The van der Waals surface area contributed by atoms with E-state index in [2.05, 4.69) is 0 Å². The van der Waals surface area contributed by atoms with E-state index in [1.165, 1.54) is 18.8 Å². The molecule has 0 unspecified atom stereocenters. The molecule has 0 radical (unpaired) electrons. The number of nitrogens with zero attached hydrogens (tertiary/aromatic N) is 2. The second-order valence-electron chi connectivity index (χ2n) is 4.84. The van der Waals surface area contributed by atoms with E-state index in [0.717, 1.165) is 11.0 Å². The van der Waals surface area contributed by atoms with Crippen LogP contribution in [0.15, 0.2) is 21.7 Å². The Hall–Kier alpha value is -2.28. The van der Waals surface area contributed by atoms with Gasteiger partial charge in [0.15, 0.2) is 11.5 Å². The molecule has 0 aliphatic heterocycles. The highest BCUT2D eigenvalue weighted by Gasteiger charge is 2.16. The van der Waals surface area contributed by atoms with E-state index in [0.29, 0.717) is 28.9 Å². The van der Waals surface area contributed by atoms with Gasteiger partial charge in [0.05, 0.1) is 38.3 Å². The second-order valence-corrected chi connectivity index (χ2v) is 4.84. The summed E-state index contributed by atoms with van der Waals surface area (Å²) in [6, 6.07) is 3.20. The minimum Gasteiger partial charge on any atom is -0.493 e. The lowest BCUT2D eigenvalue weighted by molar-refractivity contribution is 0.270. The summed E-state index contributed by atoms with van der Waals surface area (Å²) in [5.41, 5.74) is -0.369. The first-order chi connectivity index (χ1) is 10.6. The molecule has 0 fully saturated rings. The largest absolute Gasteiger partial charge is 0.493 e. The van der Waals surface area contributed by atoms with Crippen molar-refractivity contribution < 1.29 is 14.6 Å². The quantitative estimate of drug-likeness (QED) is 0.844. The van der Waals surface area contributed by atoms with Crippen LogP contribution in [-0.4, -0.2) is 35.1 Å². The summed E-state index contributed by atoms with van der Waals surface area (Å²) in [7, 11) is 2.98. The van der Waals surface area contributed by atoms with Gasteiger partial charge in [-0.15, -0.1) is 0 Å². The van der Waals surface area contributed by atoms with E-state index < -0.39 is 11.2 Å². The lowest BCUT2D eigenvalue weighted by atomic mass is 10.2. The number of fused-ring (bicyclic) bond motifs is 1. The van der Waals surface area contributed by atoms with Gasteiger partial charge in [-0.1, -0.05) is 6.92 Å². The molecule has 0 saturated carbocycles. The molecule has 0 spiro atoms. The van der Waals surface area contributed by atoms with Gasteiger partial charge in [0.1, 0.15) is 0 Å². The minimum atomic E-state index is -0.442. The van der Waals surface area contributed by atoms with Crippen LogP contribution in [0.2, 0.25) is 0 Å². The van der Waals surface area contributed by atoms with Gasteiger partial charge in [0.25, 0.3) is 5.56 Å². The van der Waals surface area contributed by atoms with Gasteiger partial charge in [-0.2, -0.15) is 0 Å². The topological polar surface area (TPSA) is 82.7 Å². The number of hydrogen-bond acceptors (Lipinski definition) is 5. The first-order valence-electron chi connectivity index (χ1n) is 7.09. The zero-order valence-electron chi connectivity index (χ0n) is 13.0. The number of methoxy groups -OCH3 is 2. The first kappa shape index (κ1) is 16.1. The van der Waals surface area contributed by atoms with Crippen LogP contribution >= 0.6 is 0 Å². The van der Waals surface area contributed by atoms with Gasteiger partial charge in [-0.05, 0) is 12.5 Å². The molecule has 22 heavy (non-hydrogen) atoms. The molecule has 0 aliphatic rings. The summed E-state index contributed by atoms with van der Waals surface area (Å²) >= 11 is 0. The Balaban J connectivity index is 2.93. The van der Waals surface area contributed by atoms with E-state index in [9.17, 15) is 9.59 Å². The molecular weight excluding hydrogens is 288 g/mol. The number of aliphatic hydroxyl groups excluding tert-OH is 1. The van der Waals surface area contributed by atoms with Crippen molar-refractivity contribution in [1.29, 1.82) is 0 Å². The molecule has 0 saturated heterocycles. The van der Waals surface area contributed by atoms with Crippen molar-refractivity contribution in [3.63, 3.8) is 0 Å². The van der Waals surface area contributed by atoms with Gasteiger partial charge in [-0.25, -0.2) is 4.79 Å². The van der Waals surface area contributed by atoms with Crippen molar-refractivity contribution in [2.24, 2.45) is 0 Å². The average Bonchev–Trinajstić information content (AvgIpc) is 2.54. The molecule has 0 aliphatic carbocycles. The Morgan fingerprint density at radius 3 is 2.23 bits per heavy atom. The lowest BCUT2D eigenvalue weighted by Gasteiger charge is -2.15. The lowest BCUT2D eigenvalue weighted by Crippen LogP contribution is -2.40. The maximum atomic E-state index is 12.5. The molecule has 0 bridgehead atoms. The van der Waals surface area contributed by atoms with Gasteiger partial charge < -0.3 is 14.6 Å². The average molecular weight is 308 g/mol. The van der Waals surface area contributed by atoms with Gasteiger partial charge in [0.2, 0.25) is 0 Å². The molecule has 1 N–H and O–H groups in total. The Kier molecular flexibility index (Phi) is 4.87. The third kappa shape index (κ3) is 2.59. The SMILES string of the molecule is CCCn1c(=O)n(CCO)c(=O)c2cc(OC)c(OC)cc21. The fourth-order valence-corrected chi connectivity index (χ4v) is 2.48. The van der Waals surface area contributed by atoms with E-state index in [-0.39, 0.29) is 13.2 Å². The Labute approximate surface area is 127 Å². The van der Waals surface area contributed by atoms with Crippen molar-refractivity contribution >= 4 is 10.9 Å². The molecule has 0 amide bonds. The van der Waals surface area contributed by atoms with Crippen molar-refractivity contribution in [1.82, 2.24) is 9.13 Å². The van der Waals surface area contributed by atoms with Crippen LogP contribution in [-0.2, 0) is 13.1 Å². The summed E-state index contributed by atoms with van der Waals surface area (Å²) in [6.45, 7) is 2.10. The number of aryl methyl sites for hydroxylation is 1. The van der Waals surface area contributed by atoms with Crippen molar-refractivity contribution in [2.75, 3.05) is 20.8 Å². The minimum absolute atomic E-state index is 0.0360. The van der Waals surface area contributed by atoms with Gasteiger partial charge >= 0.3 is 5.69 Å². The highest BCUT2D eigenvalue weighted by atomic mass is 16.5. The molecule has 2 aromatic rings. The number of ether oxygens (including phenoxy) is 2. The van der Waals surface area contributed by atoms with Crippen molar-refractivity contribution in [3.8, 4) is 11.5 Å². The highest BCUT2D eigenvalue weighted by molar-refractivity contribution is 5.82. The molecule has 1 aromatic carbocycles. The molecular formula is C15H20N2O5. The molecule has 7 heteroatoms.